The normalized spacial score (nSPS) is 17.2. The number of carbonyl (C=O) groups excluding carboxylic acids is 1. The van der Waals surface area contributed by atoms with Crippen LogP contribution in [0.15, 0.2) is 42.6 Å². The first-order chi connectivity index (χ1) is 17.2. The van der Waals surface area contributed by atoms with Crippen molar-refractivity contribution in [3.05, 3.63) is 76.4 Å². The van der Waals surface area contributed by atoms with E-state index in [9.17, 15) is 13.2 Å². The molecular weight excluding hydrogens is 485 g/mol. The SMILES string of the molecule is Cc1c(CCN2CCc3cc(OCc4ccccc4)c(N4CC(=O)NS4(=O)=O)c(F)c3C2)cnn1C. The molecular formula is C25H28FN5O4S. The van der Waals surface area contributed by atoms with Gasteiger partial charge in [-0.05, 0) is 42.5 Å². The van der Waals surface area contributed by atoms with E-state index in [-0.39, 0.29) is 18.0 Å². The highest BCUT2D eigenvalue weighted by Crippen LogP contribution is 2.40. The molecule has 9 nitrogen and oxygen atoms in total. The third kappa shape index (κ3) is 4.68. The molecule has 1 amide bonds. The Kier molecular flexibility index (Phi) is 6.44. The van der Waals surface area contributed by atoms with Gasteiger partial charge in [0.1, 0.15) is 24.6 Å². The molecule has 5 rings (SSSR count). The Morgan fingerprint density at radius 2 is 1.97 bits per heavy atom. The molecule has 190 valence electrons. The Bertz CT molecular complexity index is 1410. The molecule has 0 saturated carbocycles. The van der Waals surface area contributed by atoms with E-state index in [4.69, 9.17) is 4.74 Å². The number of amides is 1. The summed E-state index contributed by atoms with van der Waals surface area (Å²) in [6.07, 6.45) is 3.23. The summed E-state index contributed by atoms with van der Waals surface area (Å²) in [6, 6.07) is 11.1. The Morgan fingerprint density at radius 1 is 1.19 bits per heavy atom. The first kappa shape index (κ1) is 24.3. The van der Waals surface area contributed by atoms with Crippen LogP contribution in [0.3, 0.4) is 0 Å². The molecule has 1 saturated heterocycles. The number of aromatic nitrogens is 2. The Morgan fingerprint density at radius 3 is 2.64 bits per heavy atom. The summed E-state index contributed by atoms with van der Waals surface area (Å²) in [4.78, 5) is 14.1. The molecule has 0 radical (unpaired) electrons. The van der Waals surface area contributed by atoms with Gasteiger partial charge < -0.3 is 4.74 Å². The van der Waals surface area contributed by atoms with Gasteiger partial charge in [0.2, 0.25) is 0 Å². The zero-order chi connectivity index (χ0) is 25.4. The van der Waals surface area contributed by atoms with Crippen molar-refractivity contribution in [1.82, 2.24) is 19.4 Å². The van der Waals surface area contributed by atoms with Crippen molar-refractivity contribution in [3.8, 4) is 5.75 Å². The molecule has 3 aromatic rings. The Labute approximate surface area is 209 Å². The highest BCUT2D eigenvalue weighted by molar-refractivity contribution is 7.92. The summed E-state index contributed by atoms with van der Waals surface area (Å²) < 4.78 is 51.8. The number of nitrogens with zero attached hydrogens (tertiary/aromatic N) is 4. The van der Waals surface area contributed by atoms with E-state index in [1.54, 1.807) is 6.07 Å². The van der Waals surface area contributed by atoms with Crippen molar-refractivity contribution in [2.24, 2.45) is 7.05 Å². The number of ether oxygens (including phenoxy) is 1. The molecule has 36 heavy (non-hydrogen) atoms. The van der Waals surface area contributed by atoms with Gasteiger partial charge in [-0.2, -0.15) is 13.5 Å². The highest BCUT2D eigenvalue weighted by atomic mass is 32.2. The fraction of sp³-hybridized carbons (Fsp3) is 0.360. The van der Waals surface area contributed by atoms with Crippen LogP contribution in [0.4, 0.5) is 10.1 Å². The van der Waals surface area contributed by atoms with E-state index < -0.39 is 28.5 Å². The average Bonchev–Trinajstić information content (AvgIpc) is 3.32. The first-order valence-electron chi connectivity index (χ1n) is 11.8. The molecule has 0 atom stereocenters. The highest BCUT2D eigenvalue weighted by Gasteiger charge is 2.39. The third-order valence-corrected chi connectivity index (χ3v) is 8.20. The number of benzene rings is 2. The molecule has 1 aromatic heterocycles. The molecule has 2 aliphatic heterocycles. The molecule has 0 aliphatic carbocycles. The minimum atomic E-state index is -4.22. The van der Waals surface area contributed by atoms with Gasteiger partial charge in [-0.25, -0.2) is 13.4 Å². The van der Waals surface area contributed by atoms with Crippen LogP contribution in [0.1, 0.15) is 27.9 Å². The molecule has 2 aromatic carbocycles. The monoisotopic (exact) mass is 513 g/mol. The van der Waals surface area contributed by atoms with Gasteiger partial charge in [-0.15, -0.1) is 0 Å². The van der Waals surface area contributed by atoms with Gasteiger partial charge in [0, 0.05) is 37.9 Å². The van der Waals surface area contributed by atoms with Crippen molar-refractivity contribution >= 4 is 21.8 Å². The number of aryl methyl sites for hydroxylation is 1. The van der Waals surface area contributed by atoms with Gasteiger partial charge in [0.25, 0.3) is 5.91 Å². The minimum Gasteiger partial charge on any atom is -0.487 e. The summed E-state index contributed by atoms with van der Waals surface area (Å²) in [6.45, 7) is 3.45. The van der Waals surface area contributed by atoms with Crippen LogP contribution in [-0.4, -0.2) is 48.6 Å². The van der Waals surface area contributed by atoms with Crippen molar-refractivity contribution in [3.63, 3.8) is 0 Å². The van der Waals surface area contributed by atoms with E-state index in [1.807, 2.05) is 59.9 Å². The topological polar surface area (TPSA) is 96.8 Å². The van der Waals surface area contributed by atoms with Crippen LogP contribution >= 0.6 is 0 Å². The number of rotatable bonds is 7. The lowest BCUT2D eigenvalue weighted by atomic mass is 9.97. The van der Waals surface area contributed by atoms with Gasteiger partial charge in [0.05, 0.1) is 6.20 Å². The van der Waals surface area contributed by atoms with Crippen LogP contribution in [0.2, 0.25) is 0 Å². The fourth-order valence-corrected chi connectivity index (χ4v) is 5.82. The number of fused-ring (bicyclic) bond motifs is 1. The van der Waals surface area contributed by atoms with Crippen molar-refractivity contribution < 1.29 is 22.3 Å². The number of carbonyl (C=O) groups is 1. The van der Waals surface area contributed by atoms with Gasteiger partial charge in [-0.3, -0.25) is 14.4 Å². The predicted octanol–water partition coefficient (Wildman–Crippen LogP) is 2.23. The second-order valence-electron chi connectivity index (χ2n) is 9.14. The summed E-state index contributed by atoms with van der Waals surface area (Å²) >= 11 is 0. The van der Waals surface area contributed by atoms with Crippen molar-refractivity contribution in [1.29, 1.82) is 0 Å². The third-order valence-electron chi connectivity index (χ3n) is 6.82. The summed E-state index contributed by atoms with van der Waals surface area (Å²) in [7, 11) is -2.32. The van der Waals surface area contributed by atoms with Crippen LogP contribution < -0.4 is 13.8 Å². The van der Waals surface area contributed by atoms with Gasteiger partial charge >= 0.3 is 10.2 Å². The second kappa shape index (κ2) is 9.55. The molecule has 0 unspecified atom stereocenters. The number of nitrogens with one attached hydrogen (secondary N) is 1. The molecule has 1 fully saturated rings. The van der Waals surface area contributed by atoms with E-state index >= 15 is 4.39 Å². The van der Waals surface area contributed by atoms with E-state index in [0.29, 0.717) is 18.5 Å². The smallest absolute Gasteiger partial charge is 0.326 e. The Balaban J connectivity index is 1.45. The number of halogens is 1. The molecule has 3 heterocycles. The van der Waals surface area contributed by atoms with Crippen molar-refractivity contribution in [2.45, 2.75) is 32.9 Å². The maximum Gasteiger partial charge on any atom is 0.326 e. The van der Waals surface area contributed by atoms with E-state index in [1.165, 1.54) is 0 Å². The summed E-state index contributed by atoms with van der Waals surface area (Å²) in [5, 5.41) is 4.28. The first-order valence-corrected chi connectivity index (χ1v) is 13.2. The van der Waals surface area contributed by atoms with Crippen LogP contribution in [0, 0.1) is 12.7 Å². The summed E-state index contributed by atoms with van der Waals surface area (Å²) in [5.41, 5.74) is 4.08. The van der Waals surface area contributed by atoms with Gasteiger partial charge in [0.15, 0.2) is 5.82 Å². The van der Waals surface area contributed by atoms with Crippen molar-refractivity contribution in [2.75, 3.05) is 23.9 Å². The van der Waals surface area contributed by atoms with Crippen LogP contribution in [0.5, 0.6) is 5.75 Å². The lowest BCUT2D eigenvalue weighted by Crippen LogP contribution is -2.35. The lowest BCUT2D eigenvalue weighted by molar-refractivity contribution is -0.117. The zero-order valence-electron chi connectivity index (χ0n) is 20.2. The standard InChI is InChI=1S/C25H28FN5O4S/c1-17-20(13-27-29(17)2)9-11-30-10-8-19-12-22(35-16-18-6-4-3-5-7-18)25(24(26)21(19)14-30)31-15-23(32)28-36(31,33)34/h3-7,12-13H,8-11,14-16H2,1-2H3,(H,28,32). The summed E-state index contributed by atoms with van der Waals surface area (Å²) in [5.74, 6) is -1.28. The molecule has 11 heteroatoms. The lowest BCUT2D eigenvalue weighted by Gasteiger charge is -2.31. The largest absolute Gasteiger partial charge is 0.487 e. The molecule has 2 aliphatic rings. The molecule has 0 bridgehead atoms. The van der Waals surface area contributed by atoms with Crippen LogP contribution in [-0.2, 0) is 48.0 Å². The number of anilines is 1. The molecule has 1 N–H and O–H groups in total. The Hall–Kier alpha value is -3.44. The van der Waals surface area contributed by atoms with Crippen LogP contribution in [0.25, 0.3) is 0 Å². The molecule has 0 spiro atoms. The van der Waals surface area contributed by atoms with Gasteiger partial charge in [-0.1, -0.05) is 30.3 Å². The minimum absolute atomic E-state index is 0.106. The number of hydrogen-bond acceptors (Lipinski definition) is 6. The maximum absolute atomic E-state index is 16.1. The number of hydrogen-bond donors (Lipinski definition) is 1. The van der Waals surface area contributed by atoms with E-state index in [0.717, 1.165) is 46.2 Å². The average molecular weight is 514 g/mol. The quantitative estimate of drug-likeness (QED) is 0.521. The maximum atomic E-state index is 16.1. The second-order valence-corrected chi connectivity index (χ2v) is 10.7. The predicted molar refractivity (Wildman–Crippen MR) is 132 cm³/mol. The fourth-order valence-electron chi connectivity index (χ4n) is 4.66. The zero-order valence-corrected chi connectivity index (χ0v) is 21.0. The van der Waals surface area contributed by atoms with E-state index in [2.05, 4.69) is 10.00 Å².